The van der Waals surface area contributed by atoms with Gasteiger partial charge in [0.25, 0.3) is 0 Å². The van der Waals surface area contributed by atoms with Crippen molar-refractivity contribution in [1.29, 1.82) is 0 Å². The lowest BCUT2D eigenvalue weighted by atomic mass is 10.0. The fourth-order valence-electron chi connectivity index (χ4n) is 3.04. The van der Waals surface area contributed by atoms with Gasteiger partial charge in [-0.15, -0.1) is 11.3 Å². The molecular weight excluding hydrogens is 464 g/mol. The Kier molecular flexibility index (Phi) is 6.20. The molecule has 0 saturated heterocycles. The van der Waals surface area contributed by atoms with Gasteiger partial charge >= 0.3 is 5.97 Å². The fraction of sp³-hybridized carbons (Fsp3) is 0.400. The standard InChI is InChI=1S/C20H22BrClN2O3S/c1-20(2,3)27-19(26)16-13-5-6-24(4)10-15(13)28-18(16)23-9-11-7-12(21)8-14(22)17(11)25/h7-9,25H,5-6,10H2,1-4H3. The molecule has 0 fully saturated rings. The second-order valence-electron chi connectivity index (χ2n) is 7.88. The van der Waals surface area contributed by atoms with E-state index in [0.717, 1.165) is 30.0 Å². The first-order valence-corrected chi connectivity index (χ1v) is 10.9. The minimum absolute atomic E-state index is 0.124. The first-order chi connectivity index (χ1) is 13.0. The summed E-state index contributed by atoms with van der Waals surface area (Å²) in [7, 11) is 2.13. The van der Waals surface area contributed by atoms with Crippen molar-refractivity contribution in [3.05, 3.63) is 43.2 Å². The quantitative estimate of drug-likeness (QED) is 0.534. The van der Waals surface area contributed by atoms with Crippen molar-refractivity contribution in [3.63, 3.8) is 0 Å². The van der Waals surface area contributed by atoms with E-state index in [1.807, 2.05) is 20.8 Å². The van der Waals surface area contributed by atoms with Gasteiger partial charge < -0.3 is 14.7 Å². The highest BCUT2D eigenvalue weighted by molar-refractivity contribution is 9.10. The fourth-order valence-corrected chi connectivity index (χ4v) is 5.17. The van der Waals surface area contributed by atoms with Gasteiger partial charge in [0, 0.05) is 22.1 Å². The summed E-state index contributed by atoms with van der Waals surface area (Å²) in [5, 5.41) is 12.9. The van der Waals surface area contributed by atoms with Gasteiger partial charge in [0.1, 0.15) is 22.7 Å². The Labute approximate surface area is 182 Å². The molecule has 0 aliphatic carbocycles. The number of likely N-dealkylation sites (N-methyl/N-ethyl adjacent to an activating group) is 1. The van der Waals surface area contributed by atoms with Crippen LogP contribution in [0.5, 0.6) is 5.75 Å². The number of quaternary nitrogens is 1. The SMILES string of the molecule is C[NH+]1CCc2c(sc(N=Cc3cc(Br)cc(Cl)c3[O-])c2C(=O)OC(C)(C)C)C1. The maximum atomic E-state index is 12.9. The summed E-state index contributed by atoms with van der Waals surface area (Å²) in [5.74, 6) is -0.663. The Morgan fingerprint density at radius 2 is 2.14 bits per heavy atom. The highest BCUT2D eigenvalue weighted by Gasteiger charge is 2.31. The smallest absolute Gasteiger partial charge is 0.342 e. The molecule has 28 heavy (non-hydrogen) atoms. The molecular formula is C20H22BrClN2O3S. The van der Waals surface area contributed by atoms with Crippen molar-refractivity contribution < 1.29 is 19.5 Å². The second-order valence-corrected chi connectivity index (χ2v) is 10.3. The highest BCUT2D eigenvalue weighted by atomic mass is 79.9. The maximum absolute atomic E-state index is 12.9. The summed E-state index contributed by atoms with van der Waals surface area (Å²) in [6, 6.07) is 3.21. The second kappa shape index (κ2) is 8.14. The van der Waals surface area contributed by atoms with E-state index in [9.17, 15) is 9.90 Å². The molecule has 2 heterocycles. The van der Waals surface area contributed by atoms with Crippen LogP contribution in [0.15, 0.2) is 21.6 Å². The molecule has 0 saturated carbocycles. The van der Waals surface area contributed by atoms with Crippen molar-refractivity contribution in [2.45, 2.75) is 39.3 Å². The molecule has 5 nitrogen and oxygen atoms in total. The molecule has 150 valence electrons. The summed E-state index contributed by atoms with van der Waals surface area (Å²) in [6.45, 7) is 7.34. The van der Waals surface area contributed by atoms with E-state index >= 15 is 0 Å². The lowest BCUT2D eigenvalue weighted by Crippen LogP contribution is -3.08. The molecule has 0 radical (unpaired) electrons. The molecule has 2 aromatic rings. The number of benzene rings is 1. The van der Waals surface area contributed by atoms with E-state index < -0.39 is 5.60 Å². The van der Waals surface area contributed by atoms with E-state index in [-0.39, 0.29) is 16.7 Å². The summed E-state index contributed by atoms with van der Waals surface area (Å²) >= 11 is 10.8. The predicted molar refractivity (Wildman–Crippen MR) is 115 cm³/mol. The number of rotatable bonds is 3. The van der Waals surface area contributed by atoms with Crippen molar-refractivity contribution >= 4 is 56.1 Å². The third-order valence-corrected chi connectivity index (χ3v) is 6.18. The van der Waals surface area contributed by atoms with Crippen LogP contribution in [0.25, 0.3) is 0 Å². The molecule has 3 rings (SSSR count). The molecule has 0 spiro atoms. The summed E-state index contributed by atoms with van der Waals surface area (Å²) in [6.07, 6.45) is 2.28. The maximum Gasteiger partial charge on any atom is 0.342 e. The van der Waals surface area contributed by atoms with Gasteiger partial charge in [-0.1, -0.05) is 33.3 Å². The third-order valence-electron chi connectivity index (χ3n) is 4.30. The van der Waals surface area contributed by atoms with Gasteiger partial charge in [-0.05, 0) is 44.0 Å². The number of hydrogen-bond donors (Lipinski definition) is 1. The Balaban J connectivity index is 2.04. The molecule has 8 heteroatoms. The average molecular weight is 486 g/mol. The predicted octanol–water partition coefficient (Wildman–Crippen LogP) is 3.51. The highest BCUT2D eigenvalue weighted by Crippen LogP contribution is 2.38. The van der Waals surface area contributed by atoms with E-state index in [2.05, 4.69) is 28.0 Å². The van der Waals surface area contributed by atoms with Crippen molar-refractivity contribution in [1.82, 2.24) is 0 Å². The Hall–Kier alpha value is -1.41. The number of esters is 1. The average Bonchev–Trinajstić information content (AvgIpc) is 2.92. The van der Waals surface area contributed by atoms with Crippen LogP contribution in [-0.2, 0) is 17.7 Å². The largest absolute Gasteiger partial charge is 0.871 e. The monoisotopic (exact) mass is 484 g/mol. The zero-order chi connectivity index (χ0) is 20.6. The summed E-state index contributed by atoms with van der Waals surface area (Å²) in [4.78, 5) is 19.9. The van der Waals surface area contributed by atoms with Crippen LogP contribution >= 0.6 is 38.9 Å². The number of halogens is 2. The van der Waals surface area contributed by atoms with Gasteiger partial charge in [-0.25, -0.2) is 9.79 Å². The number of aliphatic imine (C=N–C) groups is 1. The number of ether oxygens (including phenoxy) is 1. The van der Waals surface area contributed by atoms with E-state index in [4.69, 9.17) is 16.3 Å². The molecule has 1 atom stereocenters. The number of fused-ring (bicyclic) bond motifs is 1. The molecule has 1 aliphatic rings. The summed E-state index contributed by atoms with van der Waals surface area (Å²) in [5.41, 5.74) is 1.31. The molecule has 1 unspecified atom stereocenters. The number of nitrogens with zero attached hydrogens (tertiary/aromatic N) is 1. The molecule has 0 amide bonds. The minimum Gasteiger partial charge on any atom is -0.871 e. The lowest BCUT2D eigenvalue weighted by Gasteiger charge is -2.22. The Morgan fingerprint density at radius 1 is 1.43 bits per heavy atom. The van der Waals surface area contributed by atoms with E-state index in [1.54, 1.807) is 12.1 Å². The van der Waals surface area contributed by atoms with Crippen molar-refractivity contribution in [3.8, 4) is 5.75 Å². The number of carbonyl (C=O) groups excluding carboxylic acids is 1. The number of thiophene rings is 1. The first kappa shape index (κ1) is 21.3. The van der Waals surface area contributed by atoms with Crippen LogP contribution in [-0.4, -0.2) is 31.4 Å². The molecule has 1 aromatic carbocycles. The summed E-state index contributed by atoms with van der Waals surface area (Å²) < 4.78 is 6.32. The van der Waals surface area contributed by atoms with Gasteiger partial charge in [-0.3, -0.25) is 0 Å². The van der Waals surface area contributed by atoms with Crippen molar-refractivity contribution in [2.24, 2.45) is 4.99 Å². The molecule has 1 N–H and O–H groups in total. The van der Waals surface area contributed by atoms with Gasteiger partial charge in [0.15, 0.2) is 0 Å². The lowest BCUT2D eigenvalue weighted by molar-refractivity contribution is -0.895. The zero-order valence-electron chi connectivity index (χ0n) is 16.2. The van der Waals surface area contributed by atoms with Gasteiger partial charge in [0.2, 0.25) is 0 Å². The van der Waals surface area contributed by atoms with E-state index in [0.29, 0.717) is 20.6 Å². The number of hydrogen-bond acceptors (Lipinski definition) is 5. The van der Waals surface area contributed by atoms with Crippen LogP contribution in [0.3, 0.4) is 0 Å². The molecule has 0 bridgehead atoms. The van der Waals surface area contributed by atoms with Crippen molar-refractivity contribution in [2.75, 3.05) is 13.6 Å². The first-order valence-electron chi connectivity index (χ1n) is 8.94. The molecule has 1 aromatic heterocycles. The van der Waals surface area contributed by atoms with Crippen LogP contribution < -0.4 is 10.0 Å². The Bertz CT molecular complexity index is 950. The third kappa shape index (κ3) is 4.76. The molecule has 1 aliphatic heterocycles. The Morgan fingerprint density at radius 3 is 2.82 bits per heavy atom. The van der Waals surface area contributed by atoms with Crippen LogP contribution in [0.4, 0.5) is 5.00 Å². The normalized spacial score (nSPS) is 17.0. The number of nitrogens with one attached hydrogen (secondary N) is 1. The number of carbonyl (C=O) groups is 1. The van der Waals surface area contributed by atoms with Crippen LogP contribution in [0.2, 0.25) is 5.02 Å². The van der Waals surface area contributed by atoms with E-state index in [1.165, 1.54) is 22.5 Å². The zero-order valence-corrected chi connectivity index (χ0v) is 19.3. The van der Waals surface area contributed by atoms with Gasteiger partial charge in [0.05, 0.1) is 18.5 Å². The minimum atomic E-state index is -0.594. The van der Waals surface area contributed by atoms with Crippen LogP contribution in [0, 0.1) is 0 Å². The topological polar surface area (TPSA) is 66.2 Å². The van der Waals surface area contributed by atoms with Gasteiger partial charge in [-0.2, -0.15) is 0 Å². The van der Waals surface area contributed by atoms with Crippen LogP contribution in [0.1, 0.15) is 47.1 Å².